The Balaban J connectivity index is 2.54. The lowest BCUT2D eigenvalue weighted by molar-refractivity contribution is -0.384. The number of allylic oxidation sites excluding steroid dienone is 2. The van der Waals surface area contributed by atoms with Crippen LogP contribution in [-0.4, -0.2) is 39.7 Å². The maximum Gasteiger partial charge on any atom is 0.336 e. The molecule has 148 valence electrons. The van der Waals surface area contributed by atoms with Gasteiger partial charge in [0.15, 0.2) is 0 Å². The Labute approximate surface area is 159 Å². The van der Waals surface area contributed by atoms with E-state index in [1.54, 1.807) is 6.92 Å². The first kappa shape index (κ1) is 20.6. The molecule has 1 heterocycles. The molecule has 1 aliphatic heterocycles. The van der Waals surface area contributed by atoms with Crippen molar-refractivity contribution >= 4 is 23.6 Å². The number of nitrogens with one attached hydrogen (secondary N) is 1. The van der Waals surface area contributed by atoms with Gasteiger partial charge in [-0.05, 0) is 19.4 Å². The molecule has 1 aromatic carbocycles. The molecule has 0 fully saturated rings. The number of aliphatic carboxylic acids is 2. The molecule has 0 radical (unpaired) electrons. The van der Waals surface area contributed by atoms with E-state index in [9.17, 15) is 29.6 Å². The molecule has 0 bridgehead atoms. The Morgan fingerprint density at radius 3 is 2.39 bits per heavy atom. The highest BCUT2D eigenvalue weighted by Gasteiger charge is 2.37. The van der Waals surface area contributed by atoms with Gasteiger partial charge in [-0.1, -0.05) is 12.1 Å². The van der Waals surface area contributed by atoms with Crippen LogP contribution in [-0.2, 0) is 19.1 Å². The van der Waals surface area contributed by atoms with Gasteiger partial charge in [0.25, 0.3) is 5.69 Å². The van der Waals surface area contributed by atoms with E-state index in [4.69, 9.17) is 9.84 Å². The van der Waals surface area contributed by atoms with E-state index in [-0.39, 0.29) is 28.1 Å². The Morgan fingerprint density at radius 1 is 1.18 bits per heavy atom. The van der Waals surface area contributed by atoms with Crippen molar-refractivity contribution < 1.29 is 34.3 Å². The summed E-state index contributed by atoms with van der Waals surface area (Å²) in [5.74, 6) is -4.47. The zero-order valence-corrected chi connectivity index (χ0v) is 15.1. The minimum Gasteiger partial charge on any atom is -0.481 e. The third-order valence-corrected chi connectivity index (χ3v) is 4.17. The molecular formula is C18H18N2O8. The number of esters is 1. The number of rotatable bonds is 7. The van der Waals surface area contributed by atoms with Gasteiger partial charge in [0.2, 0.25) is 0 Å². The minimum absolute atomic E-state index is 0.0473. The average molecular weight is 390 g/mol. The van der Waals surface area contributed by atoms with Gasteiger partial charge in [0, 0.05) is 23.5 Å². The lowest BCUT2D eigenvalue weighted by atomic mass is 9.80. The van der Waals surface area contributed by atoms with Crippen molar-refractivity contribution in [2.24, 2.45) is 0 Å². The topological polar surface area (TPSA) is 156 Å². The Hall–Kier alpha value is -3.69. The number of hydrogen-bond acceptors (Lipinski definition) is 7. The first-order valence-electron chi connectivity index (χ1n) is 8.18. The van der Waals surface area contributed by atoms with Crippen molar-refractivity contribution in [3.8, 4) is 0 Å². The Morgan fingerprint density at radius 2 is 1.82 bits per heavy atom. The van der Waals surface area contributed by atoms with E-state index in [0.717, 1.165) is 0 Å². The summed E-state index contributed by atoms with van der Waals surface area (Å²) < 4.78 is 4.99. The zero-order chi connectivity index (χ0) is 21.0. The SMILES string of the molecule is CC1=C(C(=O)O)C(c2cccc([N+](=O)[O-])c2)C(C(=O)OCCC(=O)O)=C(C)N1. The quantitative estimate of drug-likeness (QED) is 0.359. The monoisotopic (exact) mass is 390 g/mol. The molecule has 3 N–H and O–H groups in total. The molecule has 2 rings (SSSR count). The van der Waals surface area contributed by atoms with Gasteiger partial charge in [0.05, 0.1) is 28.4 Å². The summed E-state index contributed by atoms with van der Waals surface area (Å²) in [4.78, 5) is 45.6. The van der Waals surface area contributed by atoms with E-state index in [1.165, 1.54) is 31.2 Å². The smallest absolute Gasteiger partial charge is 0.336 e. The predicted molar refractivity (Wildman–Crippen MR) is 95.2 cm³/mol. The van der Waals surface area contributed by atoms with E-state index >= 15 is 0 Å². The third-order valence-electron chi connectivity index (χ3n) is 4.17. The normalized spacial score (nSPS) is 16.4. The lowest BCUT2D eigenvalue weighted by Gasteiger charge is -2.29. The van der Waals surface area contributed by atoms with E-state index in [1.807, 2.05) is 0 Å². The number of nitrogens with zero attached hydrogens (tertiary/aromatic N) is 1. The van der Waals surface area contributed by atoms with Crippen molar-refractivity contribution in [2.75, 3.05) is 6.61 Å². The average Bonchev–Trinajstić information content (AvgIpc) is 2.60. The van der Waals surface area contributed by atoms with E-state index in [0.29, 0.717) is 5.70 Å². The molecule has 1 atom stereocenters. The highest BCUT2D eigenvalue weighted by Crippen LogP contribution is 2.39. The van der Waals surface area contributed by atoms with Crippen LogP contribution >= 0.6 is 0 Å². The number of nitro benzene ring substituents is 1. The molecule has 0 aromatic heterocycles. The molecule has 0 amide bonds. The van der Waals surface area contributed by atoms with Crippen molar-refractivity contribution in [1.29, 1.82) is 0 Å². The van der Waals surface area contributed by atoms with Crippen LogP contribution < -0.4 is 5.32 Å². The maximum absolute atomic E-state index is 12.6. The van der Waals surface area contributed by atoms with Crippen molar-refractivity contribution in [3.05, 3.63) is 62.5 Å². The molecule has 0 aliphatic carbocycles. The standard InChI is InChI=1S/C18H18N2O8/c1-9-14(17(23)24)16(11-4-3-5-12(8-11)20(26)27)15(10(2)19-9)18(25)28-7-6-13(21)22/h3-5,8,16,19H,6-7H2,1-2H3,(H,21,22)(H,23,24). The number of benzene rings is 1. The van der Waals surface area contributed by atoms with E-state index < -0.39 is 41.8 Å². The number of carbonyl (C=O) groups excluding carboxylic acids is 1. The largest absolute Gasteiger partial charge is 0.481 e. The molecule has 1 aromatic rings. The zero-order valence-electron chi connectivity index (χ0n) is 15.1. The number of hydrogen-bond donors (Lipinski definition) is 3. The summed E-state index contributed by atoms with van der Waals surface area (Å²) in [6.45, 7) is 2.67. The lowest BCUT2D eigenvalue weighted by Crippen LogP contribution is -2.32. The van der Waals surface area contributed by atoms with E-state index in [2.05, 4.69) is 5.32 Å². The molecule has 28 heavy (non-hydrogen) atoms. The van der Waals surface area contributed by atoms with Gasteiger partial charge in [-0.2, -0.15) is 0 Å². The second-order valence-corrected chi connectivity index (χ2v) is 6.07. The fraction of sp³-hybridized carbons (Fsp3) is 0.278. The van der Waals surface area contributed by atoms with Crippen LogP contribution in [0.15, 0.2) is 46.8 Å². The van der Waals surface area contributed by atoms with Crippen LogP contribution in [0.1, 0.15) is 31.7 Å². The van der Waals surface area contributed by atoms with Gasteiger partial charge in [-0.25, -0.2) is 9.59 Å². The van der Waals surface area contributed by atoms with Gasteiger partial charge in [-0.15, -0.1) is 0 Å². The van der Waals surface area contributed by atoms with Crippen LogP contribution in [0.5, 0.6) is 0 Å². The number of ether oxygens (including phenoxy) is 1. The highest BCUT2D eigenvalue weighted by atomic mass is 16.6. The summed E-state index contributed by atoms with van der Waals surface area (Å²) >= 11 is 0. The Kier molecular flexibility index (Phi) is 6.14. The van der Waals surface area contributed by atoms with Crippen molar-refractivity contribution in [3.63, 3.8) is 0 Å². The molecule has 0 saturated heterocycles. The number of carbonyl (C=O) groups is 3. The Bertz CT molecular complexity index is 916. The summed E-state index contributed by atoms with van der Waals surface area (Å²) in [6.07, 6.45) is -0.409. The summed E-state index contributed by atoms with van der Waals surface area (Å²) in [6, 6.07) is 5.33. The third kappa shape index (κ3) is 4.34. The van der Waals surface area contributed by atoms with Gasteiger partial charge in [-0.3, -0.25) is 14.9 Å². The predicted octanol–water partition coefficient (Wildman–Crippen LogP) is 1.93. The molecule has 0 saturated carbocycles. The molecule has 1 aliphatic rings. The second-order valence-electron chi connectivity index (χ2n) is 6.07. The molecule has 10 heteroatoms. The maximum atomic E-state index is 12.6. The number of carboxylic acids is 2. The number of nitro groups is 1. The van der Waals surface area contributed by atoms with Crippen LogP contribution in [0.2, 0.25) is 0 Å². The van der Waals surface area contributed by atoms with Gasteiger partial charge < -0.3 is 20.3 Å². The molecule has 10 nitrogen and oxygen atoms in total. The molecule has 0 spiro atoms. The first-order valence-corrected chi connectivity index (χ1v) is 8.18. The fourth-order valence-corrected chi connectivity index (χ4v) is 3.01. The minimum atomic E-state index is -1.30. The van der Waals surface area contributed by atoms with Crippen LogP contribution in [0.3, 0.4) is 0 Å². The number of dihydropyridines is 1. The first-order chi connectivity index (χ1) is 13.1. The second kappa shape index (κ2) is 8.33. The van der Waals surface area contributed by atoms with Gasteiger partial charge in [0.1, 0.15) is 6.61 Å². The van der Waals surface area contributed by atoms with Crippen molar-refractivity contribution in [2.45, 2.75) is 26.2 Å². The molecule has 1 unspecified atom stereocenters. The summed E-state index contributed by atoms with van der Waals surface area (Å²) in [5, 5.41) is 32.3. The summed E-state index contributed by atoms with van der Waals surface area (Å²) in [7, 11) is 0. The van der Waals surface area contributed by atoms with Gasteiger partial charge >= 0.3 is 17.9 Å². The number of carboxylic acid groups (broad SMARTS) is 2. The number of non-ortho nitro benzene ring substituents is 1. The van der Waals surface area contributed by atoms with Crippen LogP contribution in [0.25, 0.3) is 0 Å². The van der Waals surface area contributed by atoms with Crippen LogP contribution in [0, 0.1) is 10.1 Å². The fourth-order valence-electron chi connectivity index (χ4n) is 3.01. The highest BCUT2D eigenvalue weighted by molar-refractivity contribution is 5.99. The molecular weight excluding hydrogens is 372 g/mol. The van der Waals surface area contributed by atoms with Crippen molar-refractivity contribution in [1.82, 2.24) is 5.32 Å². The summed E-state index contributed by atoms with van der Waals surface area (Å²) in [5.41, 5.74) is 0.375. The van der Waals surface area contributed by atoms with Crippen LogP contribution in [0.4, 0.5) is 5.69 Å².